The summed E-state index contributed by atoms with van der Waals surface area (Å²) >= 11 is 0. The van der Waals surface area contributed by atoms with E-state index in [1.165, 1.54) is 4.90 Å². The maximum Gasteiger partial charge on any atom is 0.271 e. The summed E-state index contributed by atoms with van der Waals surface area (Å²) in [6.07, 6.45) is 0.420. The number of nitrogens with zero attached hydrogens (tertiary/aromatic N) is 2. The van der Waals surface area contributed by atoms with E-state index in [0.29, 0.717) is 23.1 Å². The van der Waals surface area contributed by atoms with Gasteiger partial charge < -0.3 is 10.2 Å². The molecule has 27 heavy (non-hydrogen) atoms. The van der Waals surface area contributed by atoms with Crippen LogP contribution in [0.2, 0.25) is 0 Å². The number of carbonyl (C=O) groups is 2. The first kappa shape index (κ1) is 18.4. The molecular formula is C22H21N3O2. The van der Waals surface area contributed by atoms with Crippen LogP contribution >= 0.6 is 0 Å². The molecule has 3 rings (SSSR count). The fraction of sp³-hybridized carbons (Fsp3) is 0.227. The molecule has 2 aromatic carbocycles. The lowest BCUT2D eigenvalue weighted by Gasteiger charge is -2.42. The third kappa shape index (κ3) is 3.22. The summed E-state index contributed by atoms with van der Waals surface area (Å²) in [6, 6.07) is 18.8. The standard InChI is InChI=1S/C22H21N3O2/c1-15(18-12-8-7-11-17(18)14-23)19-20(26)25(3)22(2,21(27)24-19)13-16-9-5-4-6-10-16/h4-12H,13H2,1-3H3,(H,24,27). The molecule has 0 bridgehead atoms. The van der Waals surface area contributed by atoms with Gasteiger partial charge in [-0.2, -0.15) is 5.26 Å². The Labute approximate surface area is 158 Å². The summed E-state index contributed by atoms with van der Waals surface area (Å²) in [4.78, 5) is 27.5. The molecule has 0 aliphatic carbocycles. The number of hydrogen-bond donors (Lipinski definition) is 1. The fourth-order valence-electron chi connectivity index (χ4n) is 3.33. The van der Waals surface area contributed by atoms with Crippen LogP contribution in [0.3, 0.4) is 0 Å². The Kier molecular flexibility index (Phi) is 4.83. The molecule has 1 N–H and O–H groups in total. The molecule has 1 saturated heterocycles. The first-order chi connectivity index (χ1) is 12.9. The molecule has 0 spiro atoms. The highest BCUT2D eigenvalue weighted by Crippen LogP contribution is 2.29. The first-order valence-corrected chi connectivity index (χ1v) is 8.72. The summed E-state index contributed by atoms with van der Waals surface area (Å²) in [7, 11) is 1.65. The van der Waals surface area contributed by atoms with Crippen LogP contribution in [0.15, 0.2) is 60.3 Å². The number of rotatable bonds is 3. The lowest BCUT2D eigenvalue weighted by molar-refractivity contribution is -0.147. The number of carbonyl (C=O) groups excluding carboxylic acids is 2. The Hall–Kier alpha value is -3.39. The number of amides is 2. The maximum atomic E-state index is 13.1. The molecule has 1 aliphatic heterocycles. The molecule has 0 saturated carbocycles. The summed E-state index contributed by atoms with van der Waals surface area (Å²) in [5, 5.41) is 12.1. The van der Waals surface area contributed by atoms with Crippen LogP contribution in [0, 0.1) is 11.3 Å². The molecule has 0 radical (unpaired) electrons. The molecular weight excluding hydrogens is 338 g/mol. The second kappa shape index (κ2) is 7.08. The highest BCUT2D eigenvalue weighted by molar-refractivity contribution is 6.10. The van der Waals surface area contributed by atoms with Crippen molar-refractivity contribution >= 4 is 17.4 Å². The van der Waals surface area contributed by atoms with Gasteiger partial charge in [0.15, 0.2) is 0 Å². The average Bonchev–Trinajstić information content (AvgIpc) is 2.69. The minimum absolute atomic E-state index is 0.218. The SMILES string of the molecule is CC(=C1NC(=O)C(C)(Cc2ccccc2)N(C)C1=O)c1ccccc1C#N. The van der Waals surface area contributed by atoms with E-state index in [9.17, 15) is 14.9 Å². The molecule has 1 atom stereocenters. The van der Waals surface area contributed by atoms with Gasteiger partial charge in [-0.15, -0.1) is 0 Å². The van der Waals surface area contributed by atoms with Gasteiger partial charge in [-0.05, 0) is 36.6 Å². The zero-order chi connectivity index (χ0) is 19.6. The Morgan fingerprint density at radius 2 is 1.74 bits per heavy atom. The highest BCUT2D eigenvalue weighted by atomic mass is 16.2. The van der Waals surface area contributed by atoms with Gasteiger partial charge in [-0.3, -0.25) is 9.59 Å². The molecule has 1 aliphatic rings. The minimum Gasteiger partial charge on any atom is -0.326 e. The summed E-state index contributed by atoms with van der Waals surface area (Å²) < 4.78 is 0. The monoisotopic (exact) mass is 359 g/mol. The van der Waals surface area contributed by atoms with E-state index in [0.717, 1.165) is 5.56 Å². The molecule has 5 nitrogen and oxygen atoms in total. The zero-order valence-corrected chi connectivity index (χ0v) is 15.6. The molecule has 136 valence electrons. The van der Waals surface area contributed by atoms with Gasteiger partial charge >= 0.3 is 0 Å². The predicted molar refractivity (Wildman–Crippen MR) is 103 cm³/mol. The second-order valence-corrected chi connectivity index (χ2v) is 6.91. The van der Waals surface area contributed by atoms with Crippen LogP contribution in [-0.2, 0) is 16.0 Å². The van der Waals surface area contributed by atoms with Crippen LogP contribution in [0.5, 0.6) is 0 Å². The Morgan fingerprint density at radius 3 is 2.41 bits per heavy atom. The van der Waals surface area contributed by atoms with E-state index in [1.807, 2.05) is 30.3 Å². The fourth-order valence-corrected chi connectivity index (χ4v) is 3.33. The van der Waals surface area contributed by atoms with Crippen LogP contribution in [0.1, 0.15) is 30.5 Å². The third-order valence-electron chi connectivity index (χ3n) is 5.20. The number of hydrogen-bond acceptors (Lipinski definition) is 3. The number of piperazine rings is 1. The minimum atomic E-state index is -0.989. The third-order valence-corrected chi connectivity index (χ3v) is 5.20. The van der Waals surface area contributed by atoms with Gasteiger partial charge in [-0.1, -0.05) is 48.5 Å². The second-order valence-electron chi connectivity index (χ2n) is 6.91. The van der Waals surface area contributed by atoms with E-state index in [4.69, 9.17) is 0 Å². The molecule has 2 amide bonds. The zero-order valence-electron chi connectivity index (χ0n) is 15.6. The number of likely N-dealkylation sites (N-methyl/N-ethyl adjacent to an activating group) is 1. The quantitative estimate of drug-likeness (QED) is 0.857. The lowest BCUT2D eigenvalue weighted by Crippen LogP contribution is -2.64. The van der Waals surface area contributed by atoms with Crippen molar-refractivity contribution in [2.45, 2.75) is 25.8 Å². The molecule has 1 heterocycles. The van der Waals surface area contributed by atoms with Gasteiger partial charge in [0, 0.05) is 13.5 Å². The number of nitrogens with one attached hydrogen (secondary N) is 1. The largest absolute Gasteiger partial charge is 0.326 e. The molecule has 0 aromatic heterocycles. The van der Waals surface area contributed by atoms with E-state index in [2.05, 4.69) is 11.4 Å². The maximum absolute atomic E-state index is 13.1. The average molecular weight is 359 g/mol. The summed E-state index contributed by atoms with van der Waals surface area (Å²) in [5.74, 6) is -0.504. The van der Waals surface area contributed by atoms with Crippen molar-refractivity contribution in [3.8, 4) is 6.07 Å². The van der Waals surface area contributed by atoms with Gasteiger partial charge in [0.25, 0.3) is 11.8 Å². The van der Waals surface area contributed by atoms with Crippen molar-refractivity contribution in [1.82, 2.24) is 10.2 Å². The van der Waals surface area contributed by atoms with Crippen LogP contribution in [0.4, 0.5) is 0 Å². The van der Waals surface area contributed by atoms with Crippen molar-refractivity contribution in [1.29, 1.82) is 5.26 Å². The molecule has 2 aromatic rings. The smallest absolute Gasteiger partial charge is 0.271 e. The van der Waals surface area contributed by atoms with Gasteiger partial charge in [0.1, 0.15) is 11.2 Å². The number of benzene rings is 2. The normalized spacial score (nSPS) is 21.5. The van der Waals surface area contributed by atoms with Crippen molar-refractivity contribution < 1.29 is 9.59 Å². The van der Waals surface area contributed by atoms with Crippen molar-refractivity contribution in [3.63, 3.8) is 0 Å². The number of nitriles is 1. The molecule has 1 fully saturated rings. The molecule has 1 unspecified atom stereocenters. The van der Waals surface area contributed by atoms with Gasteiger partial charge in [-0.25, -0.2) is 0 Å². The van der Waals surface area contributed by atoms with Gasteiger partial charge in [0.2, 0.25) is 0 Å². The molecule has 5 heteroatoms. The Morgan fingerprint density at radius 1 is 1.11 bits per heavy atom. The van der Waals surface area contributed by atoms with Crippen LogP contribution in [0.25, 0.3) is 5.57 Å². The van der Waals surface area contributed by atoms with E-state index < -0.39 is 5.54 Å². The summed E-state index contributed by atoms with van der Waals surface area (Å²) in [5.41, 5.74) is 1.90. The Bertz CT molecular complexity index is 973. The number of allylic oxidation sites excluding steroid dienone is 1. The highest BCUT2D eigenvalue weighted by Gasteiger charge is 2.46. The van der Waals surface area contributed by atoms with E-state index in [-0.39, 0.29) is 17.5 Å². The van der Waals surface area contributed by atoms with Gasteiger partial charge in [0.05, 0.1) is 11.6 Å². The van der Waals surface area contributed by atoms with Crippen molar-refractivity contribution in [3.05, 3.63) is 77.0 Å². The van der Waals surface area contributed by atoms with Crippen molar-refractivity contribution in [2.75, 3.05) is 7.05 Å². The van der Waals surface area contributed by atoms with Crippen molar-refractivity contribution in [2.24, 2.45) is 0 Å². The van der Waals surface area contributed by atoms with E-state index >= 15 is 0 Å². The predicted octanol–water partition coefficient (Wildman–Crippen LogP) is 2.88. The van der Waals surface area contributed by atoms with Crippen LogP contribution in [-0.4, -0.2) is 29.3 Å². The van der Waals surface area contributed by atoms with Crippen LogP contribution < -0.4 is 5.32 Å². The summed E-state index contributed by atoms with van der Waals surface area (Å²) in [6.45, 7) is 3.51. The Balaban J connectivity index is 1.99. The lowest BCUT2D eigenvalue weighted by atomic mass is 9.87. The first-order valence-electron chi connectivity index (χ1n) is 8.72. The van der Waals surface area contributed by atoms with E-state index in [1.54, 1.807) is 45.2 Å². The topological polar surface area (TPSA) is 73.2 Å².